The molecule has 4 rings (SSSR count). The van der Waals surface area contributed by atoms with Gasteiger partial charge in [-0.05, 0) is 18.2 Å². The molecule has 0 bridgehead atoms. The van der Waals surface area contributed by atoms with Gasteiger partial charge in [0.1, 0.15) is 0 Å². The van der Waals surface area contributed by atoms with Gasteiger partial charge < -0.3 is 5.32 Å². The van der Waals surface area contributed by atoms with Crippen LogP contribution in [0.25, 0.3) is 16.5 Å². The third-order valence-electron chi connectivity index (χ3n) is 4.65. The first-order chi connectivity index (χ1) is 14.6. The summed E-state index contributed by atoms with van der Waals surface area (Å²) in [6.45, 7) is -0.0452. The van der Waals surface area contributed by atoms with E-state index in [4.69, 9.17) is 0 Å². The molecule has 0 radical (unpaired) electrons. The highest BCUT2D eigenvalue weighted by molar-refractivity contribution is 6.04. The summed E-state index contributed by atoms with van der Waals surface area (Å²) in [5.41, 5.74) is 0.544. The molecule has 4 aromatic rings. The highest BCUT2D eigenvalue weighted by Gasteiger charge is 2.19. The third-order valence-corrected chi connectivity index (χ3v) is 4.65. The van der Waals surface area contributed by atoms with Crippen LogP contribution in [0.1, 0.15) is 16.1 Å². The highest BCUT2D eigenvalue weighted by atomic mass is 16.6. The summed E-state index contributed by atoms with van der Waals surface area (Å²) < 4.78 is 1.18. The Balaban J connectivity index is 1.75. The molecule has 1 amide bonds. The van der Waals surface area contributed by atoms with E-state index in [1.807, 2.05) is 6.07 Å². The predicted octanol–water partition coefficient (Wildman–Crippen LogP) is 3.22. The molecule has 0 aliphatic rings. The number of rotatable bonds is 5. The average Bonchev–Trinajstić information content (AvgIpc) is 2.78. The zero-order valence-electron chi connectivity index (χ0n) is 15.7. The van der Waals surface area contributed by atoms with Crippen LogP contribution < -0.4 is 10.9 Å². The number of nitro groups is 1. The number of aromatic nitrogens is 2. The minimum Gasteiger partial charge on any atom is -0.346 e. The number of fused-ring (bicyclic) bond motifs is 1. The van der Waals surface area contributed by atoms with Gasteiger partial charge in [-0.3, -0.25) is 19.7 Å². The number of benzene rings is 3. The summed E-state index contributed by atoms with van der Waals surface area (Å²) >= 11 is 0. The monoisotopic (exact) mass is 400 g/mol. The van der Waals surface area contributed by atoms with Crippen molar-refractivity contribution in [3.05, 3.63) is 111 Å². The van der Waals surface area contributed by atoms with E-state index in [-0.39, 0.29) is 23.5 Å². The number of para-hydroxylation sites is 2. The molecule has 1 N–H and O–H groups in total. The molecular formula is C22H16N4O4. The van der Waals surface area contributed by atoms with Crippen LogP contribution in [0.2, 0.25) is 0 Å². The van der Waals surface area contributed by atoms with Crippen molar-refractivity contribution in [3.63, 3.8) is 0 Å². The Morgan fingerprint density at radius 1 is 0.933 bits per heavy atom. The molecule has 0 fully saturated rings. The van der Waals surface area contributed by atoms with Crippen LogP contribution in [0.4, 0.5) is 5.69 Å². The van der Waals surface area contributed by atoms with Crippen LogP contribution in [0.3, 0.4) is 0 Å². The Morgan fingerprint density at radius 3 is 2.30 bits per heavy atom. The lowest BCUT2D eigenvalue weighted by Gasteiger charge is -2.11. The summed E-state index contributed by atoms with van der Waals surface area (Å²) in [6, 6.07) is 21.7. The standard InChI is InChI=1S/C22H16N4O4/c27-21(23-14-15-8-4-7-13-19(15)26(29)30)20-17-11-5-6-12-18(17)22(28)25(24-20)16-9-2-1-3-10-16/h1-13H,14H2,(H,23,27). The fourth-order valence-corrected chi connectivity index (χ4v) is 3.20. The van der Waals surface area contributed by atoms with Crippen LogP contribution in [0.5, 0.6) is 0 Å². The van der Waals surface area contributed by atoms with Gasteiger partial charge in [0.2, 0.25) is 0 Å². The lowest BCUT2D eigenvalue weighted by Crippen LogP contribution is -2.30. The maximum absolute atomic E-state index is 12.9. The molecule has 0 saturated carbocycles. The van der Waals surface area contributed by atoms with E-state index in [9.17, 15) is 19.7 Å². The molecule has 0 spiro atoms. The summed E-state index contributed by atoms with van der Waals surface area (Å²) in [6.07, 6.45) is 0. The van der Waals surface area contributed by atoms with Gasteiger partial charge in [-0.15, -0.1) is 0 Å². The van der Waals surface area contributed by atoms with E-state index in [0.29, 0.717) is 22.0 Å². The molecule has 0 aliphatic heterocycles. The zero-order chi connectivity index (χ0) is 21.1. The molecule has 0 saturated heterocycles. The Bertz CT molecular complexity index is 1320. The van der Waals surface area contributed by atoms with Crippen molar-refractivity contribution >= 4 is 22.4 Å². The SMILES string of the molecule is O=C(NCc1ccccc1[N+](=O)[O-])c1nn(-c2ccccc2)c(=O)c2ccccc12. The predicted molar refractivity (Wildman–Crippen MR) is 112 cm³/mol. The maximum Gasteiger partial charge on any atom is 0.279 e. The minimum atomic E-state index is -0.533. The second-order valence-corrected chi connectivity index (χ2v) is 6.52. The van der Waals surface area contributed by atoms with Crippen molar-refractivity contribution in [1.29, 1.82) is 0 Å². The number of carbonyl (C=O) groups excluding carboxylic acids is 1. The van der Waals surface area contributed by atoms with E-state index >= 15 is 0 Å². The number of hydrogen-bond acceptors (Lipinski definition) is 5. The van der Waals surface area contributed by atoms with Gasteiger partial charge in [0.05, 0.1) is 16.0 Å². The van der Waals surface area contributed by atoms with Gasteiger partial charge in [0.15, 0.2) is 5.69 Å². The first-order valence-corrected chi connectivity index (χ1v) is 9.14. The van der Waals surface area contributed by atoms with Crippen LogP contribution in [-0.2, 0) is 6.54 Å². The van der Waals surface area contributed by atoms with Crippen LogP contribution in [0.15, 0.2) is 83.7 Å². The van der Waals surface area contributed by atoms with Crippen LogP contribution >= 0.6 is 0 Å². The normalized spacial score (nSPS) is 10.7. The second-order valence-electron chi connectivity index (χ2n) is 6.52. The summed E-state index contributed by atoms with van der Waals surface area (Å²) in [5.74, 6) is -0.533. The molecule has 0 aliphatic carbocycles. The maximum atomic E-state index is 12.9. The highest BCUT2D eigenvalue weighted by Crippen LogP contribution is 2.18. The smallest absolute Gasteiger partial charge is 0.279 e. The molecule has 8 heteroatoms. The Labute approximate surface area is 170 Å². The number of amides is 1. The molecule has 30 heavy (non-hydrogen) atoms. The van der Waals surface area contributed by atoms with E-state index in [1.54, 1.807) is 66.7 Å². The Hall–Kier alpha value is -4.33. The van der Waals surface area contributed by atoms with Gasteiger partial charge in [0.25, 0.3) is 17.2 Å². The second kappa shape index (κ2) is 7.96. The quantitative estimate of drug-likeness (QED) is 0.409. The molecule has 0 atom stereocenters. The third kappa shape index (κ3) is 3.53. The van der Waals surface area contributed by atoms with E-state index in [1.165, 1.54) is 10.7 Å². The molecular weight excluding hydrogens is 384 g/mol. The molecule has 1 aromatic heterocycles. The van der Waals surface area contributed by atoms with Crippen LogP contribution in [-0.4, -0.2) is 20.6 Å². The topological polar surface area (TPSA) is 107 Å². The van der Waals surface area contributed by atoms with Crippen molar-refractivity contribution in [3.8, 4) is 5.69 Å². The number of carbonyl (C=O) groups is 1. The summed E-state index contributed by atoms with van der Waals surface area (Å²) in [4.78, 5) is 36.5. The molecule has 3 aromatic carbocycles. The first-order valence-electron chi connectivity index (χ1n) is 9.14. The molecule has 0 unspecified atom stereocenters. The number of nitrogens with zero attached hydrogens (tertiary/aromatic N) is 3. The zero-order valence-corrected chi connectivity index (χ0v) is 15.7. The van der Waals surface area contributed by atoms with Gasteiger partial charge in [-0.1, -0.05) is 54.6 Å². The average molecular weight is 400 g/mol. The van der Waals surface area contributed by atoms with E-state index in [0.717, 1.165) is 0 Å². The lowest BCUT2D eigenvalue weighted by atomic mass is 10.1. The molecule has 1 heterocycles. The van der Waals surface area contributed by atoms with Crippen molar-refractivity contribution in [2.45, 2.75) is 6.54 Å². The van der Waals surface area contributed by atoms with Gasteiger partial charge in [-0.2, -0.15) is 9.78 Å². The number of hydrogen-bond donors (Lipinski definition) is 1. The summed E-state index contributed by atoms with van der Waals surface area (Å²) in [7, 11) is 0. The van der Waals surface area contributed by atoms with Crippen molar-refractivity contribution < 1.29 is 9.72 Å². The van der Waals surface area contributed by atoms with Crippen molar-refractivity contribution in [1.82, 2.24) is 15.1 Å². The minimum absolute atomic E-state index is 0.0452. The Morgan fingerprint density at radius 2 is 1.57 bits per heavy atom. The van der Waals surface area contributed by atoms with Crippen molar-refractivity contribution in [2.75, 3.05) is 0 Å². The summed E-state index contributed by atoms with van der Waals surface area (Å²) in [5, 5.41) is 18.9. The fourth-order valence-electron chi connectivity index (χ4n) is 3.20. The Kier molecular flexibility index (Phi) is 5.04. The van der Waals surface area contributed by atoms with E-state index < -0.39 is 10.8 Å². The van der Waals surface area contributed by atoms with E-state index in [2.05, 4.69) is 10.4 Å². The largest absolute Gasteiger partial charge is 0.346 e. The van der Waals surface area contributed by atoms with Gasteiger partial charge in [-0.25, -0.2) is 0 Å². The van der Waals surface area contributed by atoms with Crippen molar-refractivity contribution in [2.24, 2.45) is 0 Å². The van der Waals surface area contributed by atoms with Gasteiger partial charge in [0, 0.05) is 23.6 Å². The first kappa shape index (κ1) is 19.0. The van der Waals surface area contributed by atoms with Crippen LogP contribution in [0, 0.1) is 10.1 Å². The number of nitrogens with one attached hydrogen (secondary N) is 1. The lowest BCUT2D eigenvalue weighted by molar-refractivity contribution is -0.385. The molecule has 8 nitrogen and oxygen atoms in total. The molecule has 148 valence electrons. The van der Waals surface area contributed by atoms with Gasteiger partial charge >= 0.3 is 0 Å². The fraction of sp³-hybridized carbons (Fsp3) is 0.0455. The number of nitro benzene ring substituents is 1.